The lowest BCUT2D eigenvalue weighted by atomic mass is 10.2. The Morgan fingerprint density at radius 2 is 2.17 bits per heavy atom. The number of anilines is 1. The van der Waals surface area contributed by atoms with Gasteiger partial charge in [-0.2, -0.15) is 0 Å². The van der Waals surface area contributed by atoms with Gasteiger partial charge in [0.25, 0.3) is 0 Å². The topological polar surface area (TPSA) is 12.0 Å². The summed E-state index contributed by atoms with van der Waals surface area (Å²) in [6.45, 7) is 4.38. The van der Waals surface area contributed by atoms with E-state index >= 15 is 0 Å². The zero-order valence-corrected chi connectivity index (χ0v) is 13.7. The summed E-state index contributed by atoms with van der Waals surface area (Å²) in [5, 5.41) is 5.72. The Morgan fingerprint density at radius 1 is 1.39 bits per heavy atom. The van der Waals surface area contributed by atoms with E-state index < -0.39 is 0 Å². The summed E-state index contributed by atoms with van der Waals surface area (Å²) in [7, 11) is 0. The molecule has 0 fully saturated rings. The Balaban J connectivity index is 2.13. The summed E-state index contributed by atoms with van der Waals surface area (Å²) in [6.07, 6.45) is 0. The summed E-state index contributed by atoms with van der Waals surface area (Å²) in [6, 6.07) is 11.0. The van der Waals surface area contributed by atoms with Gasteiger partial charge < -0.3 is 5.32 Å². The molecule has 1 nitrogen and oxygen atoms in total. The average Bonchev–Trinajstić information content (AvgIpc) is 2.79. The number of hydrogen-bond donors (Lipinski definition) is 1. The van der Waals surface area contributed by atoms with Crippen LogP contribution < -0.4 is 5.32 Å². The second kappa shape index (κ2) is 6.64. The minimum absolute atomic E-state index is 0.333. The molecule has 0 aliphatic heterocycles. The SMILES string of the molecule is CCSc1ccccc1NC(C)c1cc(Br)cs1. The van der Waals surface area contributed by atoms with Crippen LogP contribution in [-0.2, 0) is 0 Å². The molecule has 1 aromatic carbocycles. The molecular weight excluding hydrogens is 326 g/mol. The molecule has 0 spiro atoms. The maximum absolute atomic E-state index is 3.59. The van der Waals surface area contributed by atoms with E-state index in [1.807, 2.05) is 11.8 Å². The van der Waals surface area contributed by atoms with Crippen molar-refractivity contribution in [3.05, 3.63) is 45.1 Å². The fourth-order valence-electron chi connectivity index (χ4n) is 1.73. The van der Waals surface area contributed by atoms with Gasteiger partial charge in [-0.3, -0.25) is 0 Å². The molecule has 0 aliphatic rings. The monoisotopic (exact) mass is 341 g/mol. The lowest BCUT2D eigenvalue weighted by Gasteiger charge is -2.16. The van der Waals surface area contributed by atoms with Gasteiger partial charge in [-0.05, 0) is 46.8 Å². The summed E-state index contributed by atoms with van der Waals surface area (Å²) in [5.74, 6) is 1.09. The molecule has 1 aromatic heterocycles. The molecule has 0 bridgehead atoms. The van der Waals surface area contributed by atoms with Gasteiger partial charge in [0.1, 0.15) is 0 Å². The maximum atomic E-state index is 3.59. The van der Waals surface area contributed by atoms with Gasteiger partial charge in [0.05, 0.1) is 6.04 Å². The third-order valence-corrected chi connectivity index (χ3v) is 5.41. The van der Waals surface area contributed by atoms with Gasteiger partial charge in [-0.25, -0.2) is 0 Å². The van der Waals surface area contributed by atoms with Crippen LogP contribution in [0.1, 0.15) is 24.8 Å². The first-order valence-electron chi connectivity index (χ1n) is 5.93. The first-order chi connectivity index (χ1) is 8.70. The third kappa shape index (κ3) is 3.53. The second-order valence-corrected chi connectivity index (χ2v) is 7.13. The molecule has 4 heteroatoms. The summed E-state index contributed by atoms with van der Waals surface area (Å²) >= 11 is 7.16. The van der Waals surface area contributed by atoms with Crippen LogP contribution in [0.2, 0.25) is 0 Å². The highest BCUT2D eigenvalue weighted by molar-refractivity contribution is 9.10. The summed E-state index contributed by atoms with van der Waals surface area (Å²) < 4.78 is 1.16. The molecule has 0 aliphatic carbocycles. The maximum Gasteiger partial charge on any atom is 0.0579 e. The van der Waals surface area contributed by atoms with E-state index in [1.54, 1.807) is 11.3 Å². The van der Waals surface area contributed by atoms with E-state index in [1.165, 1.54) is 15.5 Å². The van der Waals surface area contributed by atoms with Crippen molar-refractivity contribution in [3.8, 4) is 0 Å². The van der Waals surface area contributed by atoms with Crippen LogP contribution in [0.15, 0.2) is 45.1 Å². The van der Waals surface area contributed by atoms with Crippen molar-refractivity contribution in [2.45, 2.75) is 24.8 Å². The van der Waals surface area contributed by atoms with Gasteiger partial charge in [-0.1, -0.05) is 19.1 Å². The van der Waals surface area contributed by atoms with E-state index in [9.17, 15) is 0 Å². The van der Waals surface area contributed by atoms with Crippen LogP contribution in [0.5, 0.6) is 0 Å². The first kappa shape index (κ1) is 14.0. The van der Waals surface area contributed by atoms with Crippen molar-refractivity contribution in [3.63, 3.8) is 0 Å². The van der Waals surface area contributed by atoms with Gasteiger partial charge in [-0.15, -0.1) is 23.1 Å². The van der Waals surface area contributed by atoms with E-state index in [0.29, 0.717) is 6.04 Å². The molecule has 18 heavy (non-hydrogen) atoms. The number of thioether (sulfide) groups is 1. The highest BCUT2D eigenvalue weighted by Gasteiger charge is 2.10. The second-order valence-electron chi connectivity index (χ2n) is 3.96. The highest BCUT2D eigenvalue weighted by atomic mass is 79.9. The Kier molecular flexibility index (Phi) is 5.15. The van der Waals surface area contributed by atoms with Crippen LogP contribution in [-0.4, -0.2) is 5.75 Å². The molecule has 1 heterocycles. The van der Waals surface area contributed by atoms with Crippen molar-refractivity contribution in [1.29, 1.82) is 0 Å². The van der Waals surface area contributed by atoms with Crippen molar-refractivity contribution in [1.82, 2.24) is 0 Å². The average molecular weight is 342 g/mol. The van der Waals surface area contributed by atoms with E-state index in [0.717, 1.165) is 10.2 Å². The standard InChI is InChI=1S/C14H16BrNS2/c1-3-17-13-7-5-4-6-12(13)16-10(2)14-8-11(15)9-18-14/h4-10,16H,3H2,1-2H3. The van der Waals surface area contributed by atoms with Crippen LogP contribution in [0.4, 0.5) is 5.69 Å². The molecule has 0 radical (unpaired) electrons. The van der Waals surface area contributed by atoms with Gasteiger partial charge in [0.15, 0.2) is 0 Å². The number of benzene rings is 1. The van der Waals surface area contributed by atoms with Crippen LogP contribution in [0.25, 0.3) is 0 Å². The number of hydrogen-bond acceptors (Lipinski definition) is 3. The van der Waals surface area contributed by atoms with E-state index in [4.69, 9.17) is 0 Å². The molecule has 1 atom stereocenters. The van der Waals surface area contributed by atoms with Crippen molar-refractivity contribution in [2.24, 2.45) is 0 Å². The molecule has 0 amide bonds. The summed E-state index contributed by atoms with van der Waals surface area (Å²) in [5.41, 5.74) is 1.22. The molecule has 2 rings (SSSR count). The third-order valence-electron chi connectivity index (χ3n) is 2.57. The first-order valence-corrected chi connectivity index (χ1v) is 8.59. The molecule has 96 valence electrons. The number of rotatable bonds is 5. The largest absolute Gasteiger partial charge is 0.377 e. The predicted octanol–water partition coefficient (Wildman–Crippen LogP) is 5.80. The van der Waals surface area contributed by atoms with Crippen LogP contribution in [0, 0.1) is 0 Å². The zero-order chi connectivity index (χ0) is 13.0. The zero-order valence-electron chi connectivity index (χ0n) is 10.4. The fourth-order valence-corrected chi connectivity index (χ4v) is 3.95. The lowest BCUT2D eigenvalue weighted by molar-refractivity contribution is 0.901. The predicted molar refractivity (Wildman–Crippen MR) is 86.9 cm³/mol. The van der Waals surface area contributed by atoms with Crippen molar-refractivity contribution >= 4 is 44.7 Å². The molecule has 1 N–H and O–H groups in total. The minimum atomic E-state index is 0.333. The van der Waals surface area contributed by atoms with E-state index in [-0.39, 0.29) is 0 Å². The number of halogens is 1. The van der Waals surface area contributed by atoms with Crippen LogP contribution in [0.3, 0.4) is 0 Å². The normalized spacial score (nSPS) is 12.4. The molecule has 0 saturated heterocycles. The molecular formula is C14H16BrNS2. The summed E-state index contributed by atoms with van der Waals surface area (Å²) in [4.78, 5) is 2.67. The minimum Gasteiger partial charge on any atom is -0.377 e. The van der Waals surface area contributed by atoms with Gasteiger partial charge in [0, 0.05) is 25.3 Å². The Morgan fingerprint density at radius 3 is 2.83 bits per heavy atom. The van der Waals surface area contributed by atoms with E-state index in [2.05, 4.69) is 70.8 Å². The van der Waals surface area contributed by atoms with Crippen molar-refractivity contribution in [2.75, 3.05) is 11.1 Å². The number of nitrogens with one attached hydrogen (secondary N) is 1. The smallest absolute Gasteiger partial charge is 0.0579 e. The Labute approximate surface area is 125 Å². The Bertz CT molecular complexity index is 510. The van der Waals surface area contributed by atoms with Gasteiger partial charge >= 0.3 is 0 Å². The molecule has 1 unspecified atom stereocenters. The quantitative estimate of drug-likeness (QED) is 0.690. The highest BCUT2D eigenvalue weighted by Crippen LogP contribution is 2.32. The number of thiophene rings is 1. The number of para-hydroxylation sites is 1. The van der Waals surface area contributed by atoms with Gasteiger partial charge in [0.2, 0.25) is 0 Å². The lowest BCUT2D eigenvalue weighted by Crippen LogP contribution is -2.05. The fraction of sp³-hybridized carbons (Fsp3) is 0.286. The van der Waals surface area contributed by atoms with Crippen LogP contribution >= 0.6 is 39.0 Å². The molecule has 0 saturated carbocycles. The molecule has 2 aromatic rings. The van der Waals surface area contributed by atoms with Crippen molar-refractivity contribution < 1.29 is 0 Å². The Hall–Kier alpha value is -0.450.